The number of carbonyl (C=O) groups excluding carboxylic acids is 1. The molecule has 0 aliphatic carbocycles. The minimum absolute atomic E-state index is 0.0346. The van der Waals surface area contributed by atoms with Crippen LogP contribution in [0.3, 0.4) is 0 Å². The number of amides is 1. The van der Waals surface area contributed by atoms with E-state index < -0.39 is 11.7 Å². The van der Waals surface area contributed by atoms with Crippen molar-refractivity contribution in [2.75, 3.05) is 0 Å². The molecule has 0 bridgehead atoms. The van der Waals surface area contributed by atoms with E-state index >= 15 is 0 Å². The lowest BCUT2D eigenvalue weighted by molar-refractivity contribution is 0.0906. The van der Waals surface area contributed by atoms with Crippen LogP contribution in [0.25, 0.3) is 11.1 Å². The first-order valence-electron chi connectivity index (χ1n) is 7.80. The first-order chi connectivity index (χ1) is 12.7. The van der Waals surface area contributed by atoms with E-state index in [1.54, 1.807) is 42.6 Å². The van der Waals surface area contributed by atoms with Gasteiger partial charge in [0.15, 0.2) is 11.4 Å². The van der Waals surface area contributed by atoms with E-state index in [9.17, 15) is 9.59 Å². The molecule has 1 amide bonds. The fraction of sp³-hybridized carbons (Fsp3) is 0.118. The maximum Gasteiger partial charge on any atom is 0.420 e. The SMILES string of the molecule is O=C(NCc1ccccn1)c1nc(Cn2c(=O)oc3ccccc32)no1. The highest BCUT2D eigenvalue weighted by atomic mass is 16.5. The average Bonchev–Trinajstić information content (AvgIpc) is 3.26. The summed E-state index contributed by atoms with van der Waals surface area (Å²) in [5, 5.41) is 6.39. The molecule has 0 aliphatic heterocycles. The van der Waals surface area contributed by atoms with Crippen LogP contribution in [0.1, 0.15) is 22.2 Å². The number of rotatable bonds is 5. The summed E-state index contributed by atoms with van der Waals surface area (Å²) >= 11 is 0. The Morgan fingerprint density at radius 1 is 1.15 bits per heavy atom. The Morgan fingerprint density at radius 3 is 2.85 bits per heavy atom. The van der Waals surface area contributed by atoms with Crippen LogP contribution in [0.15, 0.2) is 62.4 Å². The molecule has 9 nitrogen and oxygen atoms in total. The topological polar surface area (TPSA) is 116 Å². The number of nitrogens with one attached hydrogen (secondary N) is 1. The van der Waals surface area contributed by atoms with E-state index in [0.717, 1.165) is 0 Å². The molecule has 1 N–H and O–H groups in total. The standard InChI is InChI=1S/C17H13N5O4/c23-15(19-9-11-5-3-4-8-18-11)16-20-14(21-26-16)10-22-12-6-1-2-7-13(12)25-17(22)24/h1-8H,9-10H2,(H,19,23). The van der Waals surface area contributed by atoms with Gasteiger partial charge in [-0.15, -0.1) is 0 Å². The molecule has 1 aromatic carbocycles. The summed E-state index contributed by atoms with van der Waals surface area (Å²) in [5.41, 5.74) is 1.79. The maximum atomic E-state index is 12.1. The van der Waals surface area contributed by atoms with Crippen LogP contribution in [0.2, 0.25) is 0 Å². The number of carbonyl (C=O) groups is 1. The third-order valence-corrected chi connectivity index (χ3v) is 3.69. The summed E-state index contributed by atoms with van der Waals surface area (Å²) in [6, 6.07) is 12.4. The molecule has 4 rings (SSSR count). The number of hydrogen-bond donors (Lipinski definition) is 1. The van der Waals surface area contributed by atoms with Gasteiger partial charge in [-0.3, -0.25) is 14.3 Å². The van der Waals surface area contributed by atoms with Gasteiger partial charge >= 0.3 is 17.6 Å². The lowest BCUT2D eigenvalue weighted by atomic mass is 10.3. The van der Waals surface area contributed by atoms with Crippen molar-refractivity contribution in [3.8, 4) is 0 Å². The van der Waals surface area contributed by atoms with Gasteiger partial charge in [-0.2, -0.15) is 4.98 Å². The Labute approximate surface area is 146 Å². The highest BCUT2D eigenvalue weighted by Gasteiger charge is 2.17. The van der Waals surface area contributed by atoms with Gasteiger partial charge in [-0.1, -0.05) is 23.4 Å². The number of hydrogen-bond acceptors (Lipinski definition) is 7. The van der Waals surface area contributed by atoms with Gasteiger partial charge in [-0.25, -0.2) is 4.79 Å². The van der Waals surface area contributed by atoms with Gasteiger partial charge in [0.25, 0.3) is 0 Å². The Morgan fingerprint density at radius 2 is 2.00 bits per heavy atom. The van der Waals surface area contributed by atoms with Gasteiger partial charge in [-0.05, 0) is 24.3 Å². The van der Waals surface area contributed by atoms with E-state index in [2.05, 4.69) is 20.4 Å². The predicted molar refractivity (Wildman–Crippen MR) is 89.3 cm³/mol. The van der Waals surface area contributed by atoms with Gasteiger partial charge < -0.3 is 14.3 Å². The van der Waals surface area contributed by atoms with Crippen molar-refractivity contribution in [1.29, 1.82) is 0 Å². The second kappa shape index (κ2) is 6.63. The Hall–Kier alpha value is -3.75. The number of aromatic nitrogens is 4. The lowest BCUT2D eigenvalue weighted by Gasteiger charge is -2.00. The number of benzene rings is 1. The second-order valence-electron chi connectivity index (χ2n) is 5.44. The molecule has 0 saturated heterocycles. The van der Waals surface area contributed by atoms with E-state index in [-0.39, 0.29) is 24.8 Å². The van der Waals surface area contributed by atoms with Crippen LogP contribution < -0.4 is 11.1 Å². The molecule has 0 unspecified atom stereocenters. The molecule has 26 heavy (non-hydrogen) atoms. The van der Waals surface area contributed by atoms with E-state index in [0.29, 0.717) is 16.8 Å². The first kappa shape index (κ1) is 15.8. The lowest BCUT2D eigenvalue weighted by Crippen LogP contribution is -2.23. The molecule has 3 aromatic heterocycles. The molecule has 0 atom stereocenters. The van der Waals surface area contributed by atoms with E-state index in [1.165, 1.54) is 4.57 Å². The summed E-state index contributed by atoms with van der Waals surface area (Å²) in [7, 11) is 0. The third-order valence-electron chi connectivity index (χ3n) is 3.69. The molecule has 0 aliphatic rings. The summed E-state index contributed by atoms with van der Waals surface area (Å²) in [6.07, 6.45) is 1.64. The third kappa shape index (κ3) is 3.09. The van der Waals surface area contributed by atoms with Crippen molar-refractivity contribution in [1.82, 2.24) is 25.0 Å². The van der Waals surface area contributed by atoms with Gasteiger partial charge in [0.2, 0.25) is 0 Å². The second-order valence-corrected chi connectivity index (χ2v) is 5.44. The molecule has 0 spiro atoms. The molecule has 130 valence electrons. The number of pyridine rings is 1. The largest absolute Gasteiger partial charge is 0.420 e. The normalized spacial score (nSPS) is 10.9. The Bertz CT molecular complexity index is 1110. The summed E-state index contributed by atoms with van der Waals surface area (Å²) < 4.78 is 11.5. The fourth-order valence-electron chi connectivity index (χ4n) is 2.46. The average molecular weight is 351 g/mol. The van der Waals surface area contributed by atoms with Crippen molar-refractivity contribution in [3.05, 3.63) is 76.6 Å². The van der Waals surface area contributed by atoms with E-state index in [1.807, 2.05) is 6.07 Å². The highest BCUT2D eigenvalue weighted by molar-refractivity contribution is 5.89. The molecule has 0 saturated carbocycles. The predicted octanol–water partition coefficient (Wildman–Crippen LogP) is 1.35. The van der Waals surface area contributed by atoms with Crippen LogP contribution in [0, 0.1) is 0 Å². The number of oxazole rings is 1. The smallest absolute Gasteiger partial charge is 0.408 e. The molecular weight excluding hydrogens is 338 g/mol. The zero-order valence-electron chi connectivity index (χ0n) is 13.5. The summed E-state index contributed by atoms with van der Waals surface area (Å²) in [4.78, 5) is 32.2. The van der Waals surface area contributed by atoms with Crippen molar-refractivity contribution in [2.45, 2.75) is 13.1 Å². The van der Waals surface area contributed by atoms with Crippen molar-refractivity contribution < 1.29 is 13.7 Å². The van der Waals surface area contributed by atoms with E-state index in [4.69, 9.17) is 8.94 Å². The number of fused-ring (bicyclic) bond motifs is 1. The first-order valence-corrected chi connectivity index (χ1v) is 7.80. The van der Waals surface area contributed by atoms with Crippen LogP contribution in [-0.4, -0.2) is 25.6 Å². The number of para-hydroxylation sites is 2. The fourth-order valence-corrected chi connectivity index (χ4v) is 2.46. The van der Waals surface area contributed by atoms with Gasteiger partial charge in [0, 0.05) is 6.20 Å². The van der Waals surface area contributed by atoms with Crippen molar-refractivity contribution >= 4 is 17.0 Å². The van der Waals surface area contributed by atoms with Gasteiger partial charge in [0.1, 0.15) is 0 Å². The molecule has 3 heterocycles. The summed E-state index contributed by atoms with van der Waals surface area (Å²) in [5.74, 6) is -1.03. The van der Waals surface area contributed by atoms with Crippen LogP contribution in [0.5, 0.6) is 0 Å². The Balaban J connectivity index is 1.48. The Kier molecular flexibility index (Phi) is 4.02. The minimum Gasteiger partial charge on any atom is -0.408 e. The highest BCUT2D eigenvalue weighted by Crippen LogP contribution is 2.12. The summed E-state index contributed by atoms with van der Waals surface area (Å²) in [6.45, 7) is 0.274. The maximum absolute atomic E-state index is 12.1. The van der Waals surface area contributed by atoms with Gasteiger partial charge in [0.05, 0.1) is 24.3 Å². The molecule has 4 aromatic rings. The molecular formula is C17H13N5O4. The molecule has 0 radical (unpaired) electrons. The van der Waals surface area contributed by atoms with Crippen molar-refractivity contribution in [3.63, 3.8) is 0 Å². The monoisotopic (exact) mass is 351 g/mol. The quantitative estimate of drug-likeness (QED) is 0.577. The zero-order chi connectivity index (χ0) is 17.9. The van der Waals surface area contributed by atoms with Crippen LogP contribution in [-0.2, 0) is 13.1 Å². The molecule has 0 fully saturated rings. The van der Waals surface area contributed by atoms with Crippen LogP contribution >= 0.6 is 0 Å². The van der Waals surface area contributed by atoms with Crippen molar-refractivity contribution in [2.24, 2.45) is 0 Å². The van der Waals surface area contributed by atoms with Crippen LogP contribution in [0.4, 0.5) is 0 Å². The minimum atomic E-state index is -0.530. The number of nitrogens with zero attached hydrogens (tertiary/aromatic N) is 4. The zero-order valence-corrected chi connectivity index (χ0v) is 13.5. The molecule has 9 heteroatoms.